The zero-order chi connectivity index (χ0) is 23.7. The van der Waals surface area contributed by atoms with Crippen LogP contribution in [0.3, 0.4) is 0 Å². The van der Waals surface area contributed by atoms with E-state index in [1.54, 1.807) is 17.3 Å². The van der Waals surface area contributed by atoms with E-state index < -0.39 is 17.7 Å². The molecule has 0 bridgehead atoms. The molecule has 0 aliphatic carbocycles. The van der Waals surface area contributed by atoms with Gasteiger partial charge in [0.25, 0.3) is 5.91 Å². The molecule has 1 aliphatic heterocycles. The predicted molar refractivity (Wildman–Crippen MR) is 123 cm³/mol. The molecule has 9 heteroatoms. The van der Waals surface area contributed by atoms with Crippen molar-refractivity contribution in [3.63, 3.8) is 0 Å². The van der Waals surface area contributed by atoms with Crippen LogP contribution in [0.1, 0.15) is 49.0 Å². The third-order valence-corrected chi connectivity index (χ3v) is 7.20. The summed E-state index contributed by atoms with van der Waals surface area (Å²) in [5, 5.41) is 3.79. The van der Waals surface area contributed by atoms with E-state index in [1.165, 1.54) is 29.9 Å². The van der Waals surface area contributed by atoms with Gasteiger partial charge in [0.15, 0.2) is 0 Å². The number of aromatic nitrogens is 2. The van der Waals surface area contributed by atoms with Crippen LogP contribution < -0.4 is 5.32 Å². The first-order valence-electron chi connectivity index (χ1n) is 11.0. The summed E-state index contributed by atoms with van der Waals surface area (Å²) in [7, 11) is 0. The van der Waals surface area contributed by atoms with Gasteiger partial charge in [0, 0.05) is 55.0 Å². The maximum absolute atomic E-state index is 13.9. The minimum atomic E-state index is -0.660. The van der Waals surface area contributed by atoms with E-state index in [-0.39, 0.29) is 36.1 Å². The van der Waals surface area contributed by atoms with Gasteiger partial charge in [-0.05, 0) is 41.6 Å². The lowest BCUT2D eigenvalue weighted by Crippen LogP contribution is -2.54. The number of hydrogen-bond acceptors (Lipinski definition) is 5. The molecule has 2 aromatic heterocycles. The molecule has 33 heavy (non-hydrogen) atoms. The number of hydrogen-bond donors (Lipinski definition) is 1. The van der Waals surface area contributed by atoms with Crippen LogP contribution in [0, 0.1) is 23.5 Å². The van der Waals surface area contributed by atoms with Crippen molar-refractivity contribution in [3.05, 3.63) is 59.6 Å². The van der Waals surface area contributed by atoms with E-state index in [0.717, 1.165) is 16.2 Å². The summed E-state index contributed by atoms with van der Waals surface area (Å²) in [5.74, 6) is -2.09. The van der Waals surface area contributed by atoms with Crippen molar-refractivity contribution >= 4 is 33.4 Å². The number of piperidine rings is 1. The Kier molecular flexibility index (Phi) is 6.69. The van der Waals surface area contributed by atoms with Gasteiger partial charge in [-0.15, -0.1) is 0 Å². The summed E-state index contributed by atoms with van der Waals surface area (Å²) in [5.41, 5.74) is 0.935. The van der Waals surface area contributed by atoms with Crippen LogP contribution in [-0.4, -0.2) is 45.2 Å². The van der Waals surface area contributed by atoms with Crippen molar-refractivity contribution in [2.75, 3.05) is 13.1 Å². The number of pyridine rings is 1. The highest BCUT2D eigenvalue weighted by molar-refractivity contribution is 7.13. The summed E-state index contributed by atoms with van der Waals surface area (Å²) in [4.78, 5) is 32.1. The first-order valence-corrected chi connectivity index (χ1v) is 11.8. The highest BCUT2D eigenvalue weighted by Gasteiger charge is 2.35. The predicted octanol–water partition coefficient (Wildman–Crippen LogP) is 4.38. The number of benzene rings is 1. The Labute approximate surface area is 195 Å². The van der Waals surface area contributed by atoms with E-state index in [0.29, 0.717) is 24.1 Å². The normalized spacial score (nSPS) is 19.6. The van der Waals surface area contributed by atoms with Crippen molar-refractivity contribution in [1.82, 2.24) is 19.6 Å². The van der Waals surface area contributed by atoms with Gasteiger partial charge in [-0.2, -0.15) is 4.37 Å². The van der Waals surface area contributed by atoms with Crippen LogP contribution in [0.2, 0.25) is 0 Å². The van der Waals surface area contributed by atoms with Crippen LogP contribution in [-0.2, 0) is 4.79 Å². The number of carbonyl (C=O) groups is 2. The van der Waals surface area contributed by atoms with Gasteiger partial charge in [-0.25, -0.2) is 8.78 Å². The topological polar surface area (TPSA) is 75.2 Å². The van der Waals surface area contributed by atoms with Crippen LogP contribution >= 0.6 is 11.5 Å². The number of nitrogens with one attached hydrogen (secondary N) is 1. The molecule has 1 aliphatic rings. The molecular formula is C24H26F2N4O2S. The van der Waals surface area contributed by atoms with Gasteiger partial charge in [-0.1, -0.05) is 20.8 Å². The second-order valence-electron chi connectivity index (χ2n) is 8.92. The zero-order valence-corrected chi connectivity index (χ0v) is 19.5. The lowest BCUT2D eigenvalue weighted by atomic mass is 9.84. The van der Waals surface area contributed by atoms with Gasteiger partial charge in [0.05, 0.1) is 16.3 Å². The van der Waals surface area contributed by atoms with Gasteiger partial charge < -0.3 is 10.2 Å². The molecule has 0 spiro atoms. The zero-order valence-electron chi connectivity index (χ0n) is 18.7. The average Bonchev–Trinajstić information content (AvgIpc) is 3.26. The van der Waals surface area contributed by atoms with Crippen LogP contribution in [0.4, 0.5) is 8.78 Å². The highest BCUT2D eigenvalue weighted by atomic mass is 32.1. The van der Waals surface area contributed by atoms with Crippen molar-refractivity contribution in [2.45, 2.75) is 39.2 Å². The number of amides is 2. The molecule has 174 valence electrons. The third kappa shape index (κ3) is 4.88. The fourth-order valence-electron chi connectivity index (χ4n) is 4.22. The van der Waals surface area contributed by atoms with E-state index in [1.807, 2.05) is 20.8 Å². The van der Waals surface area contributed by atoms with Crippen molar-refractivity contribution in [2.24, 2.45) is 11.8 Å². The van der Waals surface area contributed by atoms with Crippen LogP contribution in [0.15, 0.2) is 36.8 Å². The summed E-state index contributed by atoms with van der Waals surface area (Å²) in [6.45, 7) is 6.39. The molecule has 1 aromatic carbocycles. The van der Waals surface area contributed by atoms with E-state index in [9.17, 15) is 18.4 Å². The number of carbonyl (C=O) groups excluding carboxylic acids is 2. The number of nitrogens with zero attached hydrogens (tertiary/aromatic N) is 3. The van der Waals surface area contributed by atoms with E-state index >= 15 is 0 Å². The maximum Gasteiger partial charge on any atom is 0.256 e. The fraction of sp³-hybridized carbons (Fsp3) is 0.417. The molecular weight excluding hydrogens is 446 g/mol. The molecule has 4 rings (SSSR count). The van der Waals surface area contributed by atoms with Gasteiger partial charge >= 0.3 is 0 Å². The third-order valence-electron chi connectivity index (χ3n) is 6.47. The second kappa shape index (κ2) is 9.51. The quantitative estimate of drug-likeness (QED) is 0.598. The van der Waals surface area contributed by atoms with E-state index in [2.05, 4.69) is 14.7 Å². The Morgan fingerprint density at radius 3 is 2.55 bits per heavy atom. The van der Waals surface area contributed by atoms with Gasteiger partial charge in [-0.3, -0.25) is 14.6 Å². The van der Waals surface area contributed by atoms with E-state index in [4.69, 9.17) is 0 Å². The molecule has 0 radical (unpaired) electrons. The molecule has 1 fully saturated rings. The molecule has 0 saturated carbocycles. The highest BCUT2D eigenvalue weighted by Crippen LogP contribution is 2.32. The smallest absolute Gasteiger partial charge is 0.256 e. The van der Waals surface area contributed by atoms with Gasteiger partial charge in [0.2, 0.25) is 5.91 Å². The maximum atomic E-state index is 13.9. The van der Waals surface area contributed by atoms with Crippen LogP contribution in [0.25, 0.3) is 10.1 Å². The minimum Gasteiger partial charge on any atom is -0.351 e. The molecule has 1 N–H and O–H groups in total. The van der Waals surface area contributed by atoms with Crippen molar-refractivity contribution < 1.29 is 18.4 Å². The lowest BCUT2D eigenvalue weighted by Gasteiger charge is -2.40. The van der Waals surface area contributed by atoms with Crippen LogP contribution in [0.5, 0.6) is 0 Å². The molecule has 0 unspecified atom stereocenters. The minimum absolute atomic E-state index is 0.131. The number of halogens is 2. The summed E-state index contributed by atoms with van der Waals surface area (Å²) < 4.78 is 32.9. The molecule has 3 heterocycles. The molecule has 3 aromatic rings. The molecule has 3 atom stereocenters. The Morgan fingerprint density at radius 2 is 1.85 bits per heavy atom. The SMILES string of the molecule is CC(C)[C@@H](C)C(=O)N[C@@H]1CN(C(=O)c2cncc3sncc23)CC[C@H]1c1cc(F)cc(F)c1. The Balaban J connectivity index is 1.62. The Morgan fingerprint density at radius 1 is 1.12 bits per heavy atom. The lowest BCUT2D eigenvalue weighted by molar-refractivity contribution is -0.126. The first kappa shape index (κ1) is 23.2. The molecule has 2 amide bonds. The molecule has 6 nitrogen and oxygen atoms in total. The van der Waals surface area contributed by atoms with Crippen molar-refractivity contribution in [3.8, 4) is 0 Å². The van der Waals surface area contributed by atoms with Crippen molar-refractivity contribution in [1.29, 1.82) is 0 Å². The fourth-order valence-corrected chi connectivity index (χ4v) is 4.86. The standard InChI is InChI=1S/C24H26F2N4O2S/c1-13(2)14(3)23(31)29-21-12-30(5-4-18(21)15-6-16(25)8-17(26)7-15)24(32)20-9-27-11-22-19(20)10-28-33-22/h6-11,13-14,18,21H,4-5,12H2,1-3H3,(H,29,31)/t14-,18+,21-/m1/s1. The average molecular weight is 473 g/mol. The summed E-state index contributed by atoms with van der Waals surface area (Å²) in [6.07, 6.45) is 5.31. The first-order chi connectivity index (χ1) is 15.7. The Bertz CT molecular complexity index is 1160. The Hall–Kier alpha value is -2.94. The monoisotopic (exact) mass is 472 g/mol. The number of likely N-dealkylation sites (tertiary alicyclic amines) is 1. The van der Waals surface area contributed by atoms with Gasteiger partial charge in [0.1, 0.15) is 11.6 Å². The number of fused-ring (bicyclic) bond motifs is 1. The number of rotatable bonds is 5. The largest absolute Gasteiger partial charge is 0.351 e. The second-order valence-corrected chi connectivity index (χ2v) is 9.75. The summed E-state index contributed by atoms with van der Waals surface area (Å²) >= 11 is 1.27. The molecule has 1 saturated heterocycles. The summed E-state index contributed by atoms with van der Waals surface area (Å²) in [6, 6.07) is 2.96.